The van der Waals surface area contributed by atoms with E-state index in [-0.39, 0.29) is 17.4 Å². The second-order valence-corrected chi connectivity index (χ2v) is 4.64. The number of nitrogens with two attached hydrogens (primary N) is 1. The highest BCUT2D eigenvalue weighted by atomic mass is 19.3. The van der Waals surface area contributed by atoms with Gasteiger partial charge in [-0.25, -0.2) is 0 Å². The molecule has 5 nitrogen and oxygen atoms in total. The van der Waals surface area contributed by atoms with E-state index in [0.717, 1.165) is 6.42 Å². The van der Waals surface area contributed by atoms with E-state index in [1.807, 2.05) is 13.8 Å². The number of carbonyl (C=O) groups excluding carboxylic acids is 1. The molecular weight excluding hydrogens is 282 g/mol. The minimum atomic E-state index is -2.99. The van der Waals surface area contributed by atoms with Crippen LogP contribution in [0.25, 0.3) is 0 Å². The summed E-state index contributed by atoms with van der Waals surface area (Å²) in [5.74, 6) is -0.230. The predicted molar refractivity (Wildman–Crippen MR) is 75.7 cm³/mol. The van der Waals surface area contributed by atoms with E-state index in [1.165, 1.54) is 25.3 Å². The van der Waals surface area contributed by atoms with E-state index < -0.39 is 18.6 Å². The number of ether oxygens (including phenoxy) is 2. The maximum absolute atomic E-state index is 12.4. The van der Waals surface area contributed by atoms with E-state index in [1.54, 1.807) is 0 Å². The smallest absolute Gasteiger partial charge is 0.387 e. The molecule has 0 heterocycles. The van der Waals surface area contributed by atoms with Crippen molar-refractivity contribution in [3.8, 4) is 11.5 Å². The fourth-order valence-corrected chi connectivity index (χ4v) is 1.66. The molecule has 3 N–H and O–H groups in total. The maximum atomic E-state index is 12.4. The Bertz CT molecular complexity index is 483. The van der Waals surface area contributed by atoms with Crippen LogP contribution in [0.3, 0.4) is 0 Å². The van der Waals surface area contributed by atoms with E-state index in [2.05, 4.69) is 10.1 Å². The second kappa shape index (κ2) is 7.78. The minimum absolute atomic E-state index is 0.0323. The van der Waals surface area contributed by atoms with Crippen molar-refractivity contribution in [2.45, 2.75) is 32.9 Å². The van der Waals surface area contributed by atoms with Gasteiger partial charge in [0.05, 0.1) is 18.8 Å². The SMILES string of the molecule is CCC(C)C(N)C(=O)Nc1cc(OC)ccc1OC(F)F. The Labute approximate surface area is 122 Å². The van der Waals surface area contributed by atoms with Crippen LogP contribution in [0, 0.1) is 5.92 Å². The van der Waals surface area contributed by atoms with Gasteiger partial charge in [0.1, 0.15) is 11.5 Å². The van der Waals surface area contributed by atoms with Crippen molar-refractivity contribution in [2.75, 3.05) is 12.4 Å². The van der Waals surface area contributed by atoms with Crippen molar-refractivity contribution in [1.82, 2.24) is 0 Å². The molecule has 7 heteroatoms. The van der Waals surface area contributed by atoms with Crippen molar-refractivity contribution in [1.29, 1.82) is 0 Å². The van der Waals surface area contributed by atoms with Gasteiger partial charge in [-0.1, -0.05) is 20.3 Å². The normalized spacial score (nSPS) is 13.7. The third kappa shape index (κ3) is 4.86. The van der Waals surface area contributed by atoms with Gasteiger partial charge >= 0.3 is 6.61 Å². The van der Waals surface area contributed by atoms with Crippen LogP contribution in [0.2, 0.25) is 0 Å². The number of benzene rings is 1. The second-order valence-electron chi connectivity index (χ2n) is 4.64. The largest absolute Gasteiger partial charge is 0.497 e. The Hall–Kier alpha value is -1.89. The standard InChI is InChI=1S/C14H20F2N2O3/c1-4-8(2)12(17)13(19)18-10-7-9(20-3)5-6-11(10)21-14(15)16/h5-8,12,14H,4,17H2,1-3H3,(H,18,19). The molecule has 1 aromatic carbocycles. The average molecular weight is 302 g/mol. The average Bonchev–Trinajstić information content (AvgIpc) is 2.46. The van der Waals surface area contributed by atoms with Crippen LogP contribution in [0.4, 0.5) is 14.5 Å². The summed E-state index contributed by atoms with van der Waals surface area (Å²) in [5.41, 5.74) is 5.90. The lowest BCUT2D eigenvalue weighted by Crippen LogP contribution is -2.40. The van der Waals surface area contributed by atoms with Gasteiger partial charge in [0.2, 0.25) is 5.91 Å². The fraction of sp³-hybridized carbons (Fsp3) is 0.500. The Morgan fingerprint density at radius 3 is 2.62 bits per heavy atom. The van der Waals surface area contributed by atoms with Crippen LogP contribution in [-0.2, 0) is 4.79 Å². The predicted octanol–water partition coefficient (Wildman–Crippen LogP) is 2.61. The van der Waals surface area contributed by atoms with Crippen molar-refractivity contribution in [2.24, 2.45) is 11.7 Å². The van der Waals surface area contributed by atoms with Gasteiger partial charge in [-0.3, -0.25) is 4.79 Å². The molecule has 0 aromatic heterocycles. The van der Waals surface area contributed by atoms with Gasteiger partial charge in [0.25, 0.3) is 0 Å². The van der Waals surface area contributed by atoms with Crippen LogP contribution in [0.15, 0.2) is 18.2 Å². The quantitative estimate of drug-likeness (QED) is 0.812. The van der Waals surface area contributed by atoms with E-state index in [4.69, 9.17) is 10.5 Å². The van der Waals surface area contributed by atoms with Crippen LogP contribution in [0.1, 0.15) is 20.3 Å². The molecule has 0 radical (unpaired) electrons. The molecule has 2 atom stereocenters. The molecule has 1 aromatic rings. The van der Waals surface area contributed by atoms with E-state index >= 15 is 0 Å². The van der Waals surface area contributed by atoms with Gasteiger partial charge in [0.15, 0.2) is 0 Å². The van der Waals surface area contributed by atoms with Gasteiger partial charge in [-0.2, -0.15) is 8.78 Å². The van der Waals surface area contributed by atoms with Crippen molar-refractivity contribution < 1.29 is 23.0 Å². The number of hydrogen-bond donors (Lipinski definition) is 2. The molecule has 1 amide bonds. The lowest BCUT2D eigenvalue weighted by atomic mass is 9.99. The minimum Gasteiger partial charge on any atom is -0.497 e. The molecule has 2 unspecified atom stereocenters. The summed E-state index contributed by atoms with van der Waals surface area (Å²) in [4.78, 5) is 12.0. The highest BCUT2D eigenvalue weighted by molar-refractivity contribution is 5.96. The molecule has 0 aliphatic rings. The molecule has 0 bridgehead atoms. The summed E-state index contributed by atoms with van der Waals surface area (Å²) in [7, 11) is 1.43. The highest BCUT2D eigenvalue weighted by Gasteiger charge is 2.21. The number of alkyl halides is 2. The molecule has 0 saturated heterocycles. The first-order valence-corrected chi connectivity index (χ1v) is 6.58. The number of hydrogen-bond acceptors (Lipinski definition) is 4. The zero-order valence-corrected chi connectivity index (χ0v) is 12.2. The molecule has 0 aliphatic carbocycles. The number of nitrogens with one attached hydrogen (secondary N) is 1. The Balaban J connectivity index is 2.95. The summed E-state index contributed by atoms with van der Waals surface area (Å²) < 4.78 is 34.1. The fourth-order valence-electron chi connectivity index (χ4n) is 1.66. The zero-order valence-electron chi connectivity index (χ0n) is 12.2. The lowest BCUT2D eigenvalue weighted by molar-refractivity contribution is -0.118. The topological polar surface area (TPSA) is 73.6 Å². The first-order chi connectivity index (χ1) is 9.88. The molecule has 1 rings (SSSR count). The van der Waals surface area contributed by atoms with Crippen molar-refractivity contribution in [3.05, 3.63) is 18.2 Å². The summed E-state index contributed by atoms with van der Waals surface area (Å²) in [6.45, 7) is 0.762. The summed E-state index contributed by atoms with van der Waals surface area (Å²) >= 11 is 0. The highest BCUT2D eigenvalue weighted by Crippen LogP contribution is 2.30. The zero-order chi connectivity index (χ0) is 16.0. The molecule has 0 spiro atoms. The molecule has 0 fully saturated rings. The molecular formula is C14H20F2N2O3. The van der Waals surface area contributed by atoms with Gasteiger partial charge in [-0.15, -0.1) is 0 Å². The summed E-state index contributed by atoms with van der Waals surface area (Å²) in [6.07, 6.45) is 0.729. The third-order valence-corrected chi connectivity index (χ3v) is 3.22. The van der Waals surface area contributed by atoms with Crippen LogP contribution < -0.4 is 20.5 Å². The molecule has 0 aliphatic heterocycles. The van der Waals surface area contributed by atoms with Gasteiger partial charge in [-0.05, 0) is 18.1 Å². The van der Waals surface area contributed by atoms with E-state index in [9.17, 15) is 13.6 Å². The number of amides is 1. The monoisotopic (exact) mass is 302 g/mol. The number of methoxy groups -OCH3 is 1. The molecule has 21 heavy (non-hydrogen) atoms. The number of rotatable bonds is 7. The Morgan fingerprint density at radius 2 is 2.10 bits per heavy atom. The molecule has 0 saturated carbocycles. The Morgan fingerprint density at radius 1 is 1.43 bits per heavy atom. The first-order valence-electron chi connectivity index (χ1n) is 6.58. The number of carbonyl (C=O) groups is 1. The summed E-state index contributed by atoms with van der Waals surface area (Å²) in [6, 6.07) is 3.43. The van der Waals surface area contributed by atoms with Crippen molar-refractivity contribution in [3.63, 3.8) is 0 Å². The third-order valence-electron chi connectivity index (χ3n) is 3.22. The van der Waals surface area contributed by atoms with Crippen molar-refractivity contribution >= 4 is 11.6 Å². The number of anilines is 1. The van der Waals surface area contributed by atoms with Gasteiger partial charge in [0, 0.05) is 6.07 Å². The first kappa shape index (κ1) is 17.2. The van der Waals surface area contributed by atoms with E-state index in [0.29, 0.717) is 5.75 Å². The van der Waals surface area contributed by atoms with Crippen LogP contribution in [0.5, 0.6) is 11.5 Å². The summed E-state index contributed by atoms with van der Waals surface area (Å²) in [5, 5.41) is 2.50. The van der Waals surface area contributed by atoms with Crippen LogP contribution >= 0.6 is 0 Å². The molecule has 118 valence electrons. The number of halogens is 2. The lowest BCUT2D eigenvalue weighted by Gasteiger charge is -2.19. The van der Waals surface area contributed by atoms with Gasteiger partial charge < -0.3 is 20.5 Å². The van der Waals surface area contributed by atoms with Crippen LogP contribution in [-0.4, -0.2) is 25.7 Å². The maximum Gasteiger partial charge on any atom is 0.387 e. The Kier molecular flexibility index (Phi) is 6.36.